The van der Waals surface area contributed by atoms with Gasteiger partial charge in [0.1, 0.15) is 12.4 Å². The van der Waals surface area contributed by atoms with Crippen molar-refractivity contribution in [2.45, 2.75) is 25.7 Å². The van der Waals surface area contributed by atoms with Crippen LogP contribution in [0, 0.1) is 12.3 Å². The normalized spacial score (nSPS) is 10.6. The fourth-order valence-electron chi connectivity index (χ4n) is 1.61. The van der Waals surface area contributed by atoms with E-state index in [1.54, 1.807) is 12.1 Å². The van der Waals surface area contributed by atoms with Gasteiger partial charge in [0.05, 0.1) is 6.42 Å². The zero-order valence-corrected chi connectivity index (χ0v) is 10.1. The van der Waals surface area contributed by atoms with Gasteiger partial charge in [0, 0.05) is 5.41 Å². The Morgan fingerprint density at radius 2 is 2.00 bits per heavy atom. The van der Waals surface area contributed by atoms with Gasteiger partial charge in [-0.2, -0.15) is 0 Å². The molecule has 17 heavy (non-hydrogen) atoms. The van der Waals surface area contributed by atoms with E-state index in [1.165, 1.54) is 0 Å². The lowest BCUT2D eigenvalue weighted by Gasteiger charge is -2.23. The summed E-state index contributed by atoms with van der Waals surface area (Å²) >= 11 is 0. The molecule has 0 amide bonds. The van der Waals surface area contributed by atoms with Gasteiger partial charge in [-0.25, -0.2) is 0 Å². The standard InChI is InChI=1S/C14H16O3/c1-4-9-17-12-7-5-11(6-8-12)14(2,3)10-13(15)16/h1,5-8H,9-10H2,2-3H3,(H,15,16). The maximum Gasteiger partial charge on any atom is 0.304 e. The van der Waals surface area contributed by atoms with Gasteiger partial charge in [0.2, 0.25) is 0 Å². The van der Waals surface area contributed by atoms with Crippen LogP contribution in [0.15, 0.2) is 24.3 Å². The molecule has 0 unspecified atom stereocenters. The first-order chi connectivity index (χ1) is 7.95. The average Bonchev–Trinajstić information content (AvgIpc) is 2.25. The highest BCUT2D eigenvalue weighted by Gasteiger charge is 2.23. The fourth-order valence-corrected chi connectivity index (χ4v) is 1.61. The molecule has 3 nitrogen and oxygen atoms in total. The molecule has 0 aromatic heterocycles. The zero-order chi connectivity index (χ0) is 12.9. The summed E-state index contributed by atoms with van der Waals surface area (Å²) in [5, 5.41) is 8.83. The van der Waals surface area contributed by atoms with Crippen molar-refractivity contribution in [3.8, 4) is 18.1 Å². The monoisotopic (exact) mass is 232 g/mol. The van der Waals surface area contributed by atoms with Crippen LogP contribution in [-0.2, 0) is 10.2 Å². The van der Waals surface area contributed by atoms with Gasteiger partial charge in [-0.3, -0.25) is 4.79 Å². The lowest BCUT2D eigenvalue weighted by Crippen LogP contribution is -2.21. The van der Waals surface area contributed by atoms with Gasteiger partial charge >= 0.3 is 5.97 Å². The smallest absolute Gasteiger partial charge is 0.304 e. The molecule has 0 heterocycles. The van der Waals surface area contributed by atoms with Crippen molar-refractivity contribution in [2.75, 3.05) is 6.61 Å². The molecule has 3 heteroatoms. The average molecular weight is 232 g/mol. The Hall–Kier alpha value is -1.95. The number of benzene rings is 1. The molecule has 0 aliphatic heterocycles. The van der Waals surface area contributed by atoms with Crippen molar-refractivity contribution in [3.63, 3.8) is 0 Å². The van der Waals surface area contributed by atoms with Gasteiger partial charge in [-0.05, 0) is 17.7 Å². The molecule has 0 radical (unpaired) electrons. The van der Waals surface area contributed by atoms with Crippen LogP contribution in [0.2, 0.25) is 0 Å². The Labute approximate surface area is 101 Å². The van der Waals surface area contributed by atoms with Crippen LogP contribution in [-0.4, -0.2) is 17.7 Å². The Morgan fingerprint density at radius 1 is 1.41 bits per heavy atom. The highest BCUT2D eigenvalue weighted by Crippen LogP contribution is 2.28. The van der Waals surface area contributed by atoms with Crippen LogP contribution in [0.25, 0.3) is 0 Å². The number of hydrogen-bond donors (Lipinski definition) is 1. The summed E-state index contributed by atoms with van der Waals surface area (Å²) in [7, 11) is 0. The third kappa shape index (κ3) is 3.84. The molecule has 0 aliphatic carbocycles. The van der Waals surface area contributed by atoms with Crippen molar-refractivity contribution in [1.82, 2.24) is 0 Å². The van der Waals surface area contributed by atoms with Crippen molar-refractivity contribution < 1.29 is 14.6 Å². The summed E-state index contributed by atoms with van der Waals surface area (Å²) < 4.78 is 5.25. The Balaban J connectivity index is 2.79. The molecule has 1 N–H and O–H groups in total. The lowest BCUT2D eigenvalue weighted by molar-refractivity contribution is -0.138. The molecular formula is C14H16O3. The van der Waals surface area contributed by atoms with E-state index >= 15 is 0 Å². The second-order valence-electron chi connectivity index (χ2n) is 4.47. The molecule has 0 aliphatic rings. The Morgan fingerprint density at radius 3 is 2.47 bits per heavy atom. The molecule has 1 rings (SSSR count). The second-order valence-corrected chi connectivity index (χ2v) is 4.47. The molecule has 90 valence electrons. The third-order valence-electron chi connectivity index (χ3n) is 2.55. The molecule has 1 aromatic rings. The van der Waals surface area contributed by atoms with Crippen LogP contribution >= 0.6 is 0 Å². The number of rotatable bonds is 5. The topological polar surface area (TPSA) is 46.5 Å². The zero-order valence-electron chi connectivity index (χ0n) is 10.1. The maximum atomic E-state index is 10.7. The molecule has 0 atom stereocenters. The van der Waals surface area contributed by atoms with E-state index in [-0.39, 0.29) is 13.0 Å². The van der Waals surface area contributed by atoms with E-state index in [9.17, 15) is 4.79 Å². The Bertz CT molecular complexity index is 424. The van der Waals surface area contributed by atoms with Gasteiger partial charge in [0.25, 0.3) is 0 Å². The van der Waals surface area contributed by atoms with Crippen molar-refractivity contribution >= 4 is 5.97 Å². The summed E-state index contributed by atoms with van der Waals surface area (Å²) in [6, 6.07) is 7.34. The number of hydrogen-bond acceptors (Lipinski definition) is 2. The van der Waals surface area contributed by atoms with Crippen LogP contribution in [0.3, 0.4) is 0 Å². The fraction of sp³-hybridized carbons (Fsp3) is 0.357. The predicted octanol–water partition coefficient (Wildman–Crippen LogP) is 2.45. The molecule has 0 saturated carbocycles. The number of carboxylic acids is 1. The molecular weight excluding hydrogens is 216 g/mol. The minimum Gasteiger partial charge on any atom is -0.481 e. The first-order valence-electron chi connectivity index (χ1n) is 5.34. The first kappa shape index (κ1) is 13.1. The van der Waals surface area contributed by atoms with E-state index in [1.807, 2.05) is 26.0 Å². The minimum absolute atomic E-state index is 0.0948. The summed E-state index contributed by atoms with van der Waals surface area (Å²) in [6.45, 7) is 4.04. The van der Waals surface area contributed by atoms with Gasteiger partial charge in [0.15, 0.2) is 0 Å². The molecule has 0 spiro atoms. The van der Waals surface area contributed by atoms with Crippen molar-refractivity contribution in [1.29, 1.82) is 0 Å². The third-order valence-corrected chi connectivity index (χ3v) is 2.55. The molecule has 1 aromatic carbocycles. The van der Waals surface area contributed by atoms with Crippen molar-refractivity contribution in [2.24, 2.45) is 0 Å². The SMILES string of the molecule is C#CCOc1ccc(C(C)(C)CC(=O)O)cc1. The van der Waals surface area contributed by atoms with Gasteiger partial charge in [-0.1, -0.05) is 31.9 Å². The molecule has 0 bridgehead atoms. The number of terminal acetylenes is 1. The number of ether oxygens (including phenoxy) is 1. The minimum atomic E-state index is -0.803. The quantitative estimate of drug-likeness (QED) is 0.793. The number of aliphatic carboxylic acids is 1. The van der Waals surface area contributed by atoms with Gasteiger partial charge in [-0.15, -0.1) is 6.42 Å². The molecule has 0 fully saturated rings. The largest absolute Gasteiger partial charge is 0.481 e. The molecule has 0 saturated heterocycles. The second kappa shape index (κ2) is 5.40. The summed E-state index contributed by atoms with van der Waals surface area (Å²) in [5.41, 5.74) is 0.573. The van der Waals surface area contributed by atoms with Crippen LogP contribution in [0.1, 0.15) is 25.8 Å². The lowest BCUT2D eigenvalue weighted by atomic mass is 9.82. The van der Waals surface area contributed by atoms with Gasteiger partial charge < -0.3 is 9.84 Å². The highest BCUT2D eigenvalue weighted by atomic mass is 16.5. The van der Waals surface area contributed by atoms with Crippen LogP contribution in [0.4, 0.5) is 0 Å². The van der Waals surface area contributed by atoms with E-state index in [0.717, 1.165) is 5.56 Å². The van der Waals surface area contributed by atoms with Crippen LogP contribution in [0.5, 0.6) is 5.75 Å². The maximum absolute atomic E-state index is 10.7. The summed E-state index contributed by atoms with van der Waals surface area (Å²) in [6.07, 6.45) is 5.18. The van der Waals surface area contributed by atoms with Crippen molar-refractivity contribution in [3.05, 3.63) is 29.8 Å². The van der Waals surface area contributed by atoms with E-state index in [2.05, 4.69) is 5.92 Å². The highest BCUT2D eigenvalue weighted by molar-refractivity contribution is 5.68. The van der Waals surface area contributed by atoms with E-state index in [4.69, 9.17) is 16.3 Å². The summed E-state index contributed by atoms with van der Waals surface area (Å²) in [4.78, 5) is 10.7. The summed E-state index contributed by atoms with van der Waals surface area (Å²) in [5.74, 6) is 2.28. The number of carbonyl (C=O) groups is 1. The Kier molecular flexibility index (Phi) is 4.17. The predicted molar refractivity (Wildman–Crippen MR) is 66.0 cm³/mol. The van der Waals surface area contributed by atoms with E-state index in [0.29, 0.717) is 5.75 Å². The first-order valence-corrected chi connectivity index (χ1v) is 5.34. The van der Waals surface area contributed by atoms with E-state index < -0.39 is 11.4 Å². The number of carboxylic acid groups (broad SMARTS) is 1. The van der Waals surface area contributed by atoms with Crippen LogP contribution < -0.4 is 4.74 Å².